The minimum absolute atomic E-state index is 0.128. The first-order chi connectivity index (χ1) is 15.0. The minimum atomic E-state index is -3.79. The quantitative estimate of drug-likeness (QED) is 0.720. The Morgan fingerprint density at radius 3 is 2.42 bits per heavy atom. The van der Waals surface area contributed by atoms with Crippen LogP contribution < -0.4 is 9.80 Å². The average Bonchev–Trinajstić information content (AvgIpc) is 3.04. The molecule has 3 aliphatic heterocycles. The summed E-state index contributed by atoms with van der Waals surface area (Å²) in [6, 6.07) is 15.2. The fraction of sp³-hybridized carbons (Fsp3) is 0.391. The van der Waals surface area contributed by atoms with Gasteiger partial charge in [0, 0.05) is 50.4 Å². The molecule has 0 aliphatic carbocycles. The summed E-state index contributed by atoms with van der Waals surface area (Å²) < 4.78 is 29.8. The molecule has 5 rings (SSSR count). The fourth-order valence-corrected chi connectivity index (χ4v) is 5.89. The third-order valence-electron chi connectivity index (χ3n) is 6.28. The van der Waals surface area contributed by atoms with Crippen LogP contribution in [-0.4, -0.2) is 57.8 Å². The van der Waals surface area contributed by atoms with Gasteiger partial charge in [0.1, 0.15) is 10.7 Å². The average molecular weight is 439 g/mol. The first kappa shape index (κ1) is 20.1. The van der Waals surface area contributed by atoms with Gasteiger partial charge in [0.05, 0.1) is 5.69 Å². The smallest absolute Gasteiger partial charge is 0.286 e. The summed E-state index contributed by atoms with van der Waals surface area (Å²) in [5.74, 6) is 0.498. The topological polar surface area (TPSA) is 73.3 Å². The van der Waals surface area contributed by atoms with Crippen LogP contribution in [0.2, 0.25) is 0 Å². The maximum Gasteiger partial charge on any atom is 0.286 e. The molecule has 0 saturated carbocycles. The monoisotopic (exact) mass is 438 g/mol. The van der Waals surface area contributed by atoms with Gasteiger partial charge in [-0.2, -0.15) is 8.42 Å². The number of nitrogens with zero attached hydrogens (tertiary/aromatic N) is 4. The second kappa shape index (κ2) is 8.00. The highest BCUT2D eigenvalue weighted by Gasteiger charge is 2.33. The Hall–Kier alpha value is -2.87. The van der Waals surface area contributed by atoms with Crippen LogP contribution in [0, 0.1) is 0 Å². The second-order valence-corrected chi connectivity index (χ2v) is 9.81. The molecule has 0 aromatic heterocycles. The molecule has 0 atom stereocenters. The number of fused-ring (bicyclic) bond motifs is 3. The third kappa shape index (κ3) is 3.80. The number of piperazine rings is 1. The van der Waals surface area contributed by atoms with Crippen molar-refractivity contribution in [2.75, 3.05) is 42.5 Å². The van der Waals surface area contributed by atoms with Crippen molar-refractivity contribution in [2.45, 2.75) is 30.6 Å². The van der Waals surface area contributed by atoms with Gasteiger partial charge in [0.15, 0.2) is 0 Å². The van der Waals surface area contributed by atoms with Gasteiger partial charge in [-0.25, -0.2) is 0 Å². The molecule has 0 unspecified atom stereocenters. The Labute approximate surface area is 183 Å². The lowest BCUT2D eigenvalue weighted by atomic mass is 10.1. The number of sulfonamides is 1. The van der Waals surface area contributed by atoms with E-state index in [0.717, 1.165) is 44.6 Å². The number of hydrogen-bond donors (Lipinski definition) is 0. The molecule has 2 saturated heterocycles. The summed E-state index contributed by atoms with van der Waals surface area (Å²) in [7, 11) is -3.79. The minimum Gasteiger partial charge on any atom is -0.368 e. The highest BCUT2D eigenvalue weighted by atomic mass is 32.2. The van der Waals surface area contributed by atoms with E-state index in [-0.39, 0.29) is 10.8 Å². The molecule has 7 nitrogen and oxygen atoms in total. The van der Waals surface area contributed by atoms with Gasteiger partial charge < -0.3 is 14.7 Å². The molecule has 3 heterocycles. The SMILES string of the molecule is O=C(c1ccc2c(c1)S(=O)(=O)N=C1CCCCCN12)N1CCN(c2ccccc2)CC1. The van der Waals surface area contributed by atoms with Crippen LogP contribution in [0.5, 0.6) is 0 Å². The van der Waals surface area contributed by atoms with E-state index in [1.807, 2.05) is 23.1 Å². The first-order valence-electron chi connectivity index (χ1n) is 10.9. The van der Waals surface area contributed by atoms with Crippen LogP contribution in [0.4, 0.5) is 11.4 Å². The zero-order valence-corrected chi connectivity index (χ0v) is 18.2. The van der Waals surface area contributed by atoms with Crippen LogP contribution >= 0.6 is 0 Å². The lowest BCUT2D eigenvalue weighted by molar-refractivity contribution is 0.0746. The number of para-hydroxylation sites is 1. The molecule has 31 heavy (non-hydrogen) atoms. The number of benzene rings is 2. The molecule has 1 amide bonds. The lowest BCUT2D eigenvalue weighted by Gasteiger charge is -2.36. The maximum atomic E-state index is 13.1. The summed E-state index contributed by atoms with van der Waals surface area (Å²) in [5.41, 5.74) is 2.21. The van der Waals surface area contributed by atoms with Gasteiger partial charge in [0.25, 0.3) is 15.9 Å². The molecule has 2 aromatic rings. The van der Waals surface area contributed by atoms with E-state index in [1.54, 1.807) is 17.0 Å². The van der Waals surface area contributed by atoms with E-state index >= 15 is 0 Å². The van der Waals surface area contributed by atoms with E-state index in [0.29, 0.717) is 36.6 Å². The molecule has 3 aliphatic rings. The van der Waals surface area contributed by atoms with E-state index in [9.17, 15) is 13.2 Å². The van der Waals surface area contributed by atoms with Crippen molar-refractivity contribution < 1.29 is 13.2 Å². The normalized spacial score (nSPS) is 20.4. The number of amides is 1. The van der Waals surface area contributed by atoms with Crippen molar-refractivity contribution >= 4 is 33.1 Å². The molecule has 162 valence electrons. The summed E-state index contributed by atoms with van der Waals surface area (Å²) in [4.78, 5) is 19.4. The zero-order chi connectivity index (χ0) is 21.4. The van der Waals surface area contributed by atoms with Crippen molar-refractivity contribution in [2.24, 2.45) is 4.40 Å². The van der Waals surface area contributed by atoms with Crippen LogP contribution in [0.3, 0.4) is 0 Å². The van der Waals surface area contributed by atoms with Gasteiger partial charge in [-0.3, -0.25) is 4.79 Å². The highest BCUT2D eigenvalue weighted by Crippen LogP contribution is 2.35. The number of rotatable bonds is 2. The molecule has 0 spiro atoms. The maximum absolute atomic E-state index is 13.1. The summed E-state index contributed by atoms with van der Waals surface area (Å²) in [6.45, 7) is 3.47. The fourth-order valence-electron chi connectivity index (χ4n) is 4.60. The van der Waals surface area contributed by atoms with Crippen molar-refractivity contribution in [1.82, 2.24) is 4.90 Å². The zero-order valence-electron chi connectivity index (χ0n) is 17.4. The number of carbonyl (C=O) groups excluding carboxylic acids is 1. The van der Waals surface area contributed by atoms with E-state index in [1.165, 1.54) is 6.07 Å². The van der Waals surface area contributed by atoms with Gasteiger partial charge >= 0.3 is 0 Å². The van der Waals surface area contributed by atoms with Crippen LogP contribution in [-0.2, 0) is 10.0 Å². The van der Waals surface area contributed by atoms with Gasteiger partial charge in [-0.15, -0.1) is 4.40 Å². The Morgan fingerprint density at radius 1 is 0.871 bits per heavy atom. The number of hydrogen-bond acceptors (Lipinski definition) is 5. The highest BCUT2D eigenvalue weighted by molar-refractivity contribution is 7.90. The van der Waals surface area contributed by atoms with Crippen molar-refractivity contribution in [3.63, 3.8) is 0 Å². The Bertz CT molecular complexity index is 1120. The Morgan fingerprint density at radius 2 is 1.65 bits per heavy atom. The number of anilines is 2. The standard InChI is InChI=1S/C23H26N4O3S/c28-23(26-15-13-25(14-16-26)19-7-3-1-4-8-19)18-10-11-20-21(17-18)31(29,30)24-22-9-5-2-6-12-27(20)22/h1,3-4,7-8,10-11,17H,2,5-6,9,12-16H2. The molecular formula is C23H26N4O3S. The van der Waals surface area contributed by atoms with Crippen molar-refractivity contribution in [1.29, 1.82) is 0 Å². The predicted octanol–water partition coefficient (Wildman–Crippen LogP) is 3.13. The summed E-state index contributed by atoms with van der Waals surface area (Å²) in [6.07, 6.45) is 3.69. The molecule has 8 heteroatoms. The van der Waals surface area contributed by atoms with E-state index in [4.69, 9.17) is 0 Å². The molecule has 2 aromatic carbocycles. The Kier molecular flexibility index (Phi) is 5.17. The Balaban J connectivity index is 1.36. The van der Waals surface area contributed by atoms with Crippen LogP contribution in [0.1, 0.15) is 36.0 Å². The van der Waals surface area contributed by atoms with E-state index in [2.05, 4.69) is 21.4 Å². The third-order valence-corrected chi connectivity index (χ3v) is 7.62. The van der Waals surface area contributed by atoms with Gasteiger partial charge in [-0.1, -0.05) is 24.6 Å². The predicted molar refractivity (Wildman–Crippen MR) is 121 cm³/mol. The molecule has 2 fully saturated rings. The van der Waals surface area contributed by atoms with Crippen LogP contribution in [0.15, 0.2) is 57.8 Å². The second-order valence-electron chi connectivity index (χ2n) is 8.24. The summed E-state index contributed by atoms with van der Waals surface area (Å²) in [5, 5.41) is 0. The lowest BCUT2D eigenvalue weighted by Crippen LogP contribution is -2.48. The van der Waals surface area contributed by atoms with Gasteiger partial charge in [0.2, 0.25) is 0 Å². The van der Waals surface area contributed by atoms with E-state index < -0.39 is 10.0 Å². The van der Waals surface area contributed by atoms with Crippen LogP contribution in [0.25, 0.3) is 0 Å². The number of carbonyl (C=O) groups is 1. The largest absolute Gasteiger partial charge is 0.368 e. The molecule has 0 radical (unpaired) electrons. The molecule has 0 bridgehead atoms. The number of amidine groups is 1. The van der Waals surface area contributed by atoms with Crippen molar-refractivity contribution in [3.05, 3.63) is 54.1 Å². The molecule has 0 N–H and O–H groups in total. The summed E-state index contributed by atoms with van der Waals surface area (Å²) >= 11 is 0. The molecular weight excluding hydrogens is 412 g/mol. The van der Waals surface area contributed by atoms with Crippen molar-refractivity contribution in [3.8, 4) is 0 Å². The first-order valence-corrected chi connectivity index (χ1v) is 12.3. The van der Waals surface area contributed by atoms with Gasteiger partial charge in [-0.05, 0) is 43.2 Å².